The quantitative estimate of drug-likeness (QED) is 0.817. The molecular formula is C13H18N2O4. The second-order valence-corrected chi connectivity index (χ2v) is 4.15. The number of methoxy groups -OCH3 is 1. The summed E-state index contributed by atoms with van der Waals surface area (Å²) in [7, 11) is 1.45. The Morgan fingerprint density at radius 3 is 2.89 bits per heavy atom. The van der Waals surface area contributed by atoms with Crippen LogP contribution in [0.3, 0.4) is 0 Å². The zero-order valence-electron chi connectivity index (χ0n) is 10.8. The van der Waals surface area contributed by atoms with Gasteiger partial charge in [-0.05, 0) is 12.1 Å². The van der Waals surface area contributed by atoms with E-state index in [4.69, 9.17) is 19.9 Å². The van der Waals surface area contributed by atoms with Gasteiger partial charge >= 0.3 is 0 Å². The highest BCUT2D eigenvalue weighted by molar-refractivity contribution is 5.94. The number of benzene rings is 1. The van der Waals surface area contributed by atoms with Crippen molar-refractivity contribution in [2.75, 3.05) is 32.2 Å². The third kappa shape index (κ3) is 3.51. The maximum absolute atomic E-state index is 11.8. The van der Waals surface area contributed by atoms with Crippen LogP contribution in [0.4, 0.5) is 5.69 Å². The molecule has 1 saturated heterocycles. The molecule has 6 heteroatoms. The first-order chi connectivity index (χ1) is 9.24. The molecule has 19 heavy (non-hydrogen) atoms. The van der Waals surface area contributed by atoms with Gasteiger partial charge < -0.3 is 25.3 Å². The predicted molar refractivity (Wildman–Crippen MR) is 69.6 cm³/mol. The molecule has 0 aliphatic carbocycles. The van der Waals surface area contributed by atoms with Gasteiger partial charge in [0.1, 0.15) is 6.10 Å². The monoisotopic (exact) mass is 266 g/mol. The van der Waals surface area contributed by atoms with E-state index in [1.165, 1.54) is 7.11 Å². The van der Waals surface area contributed by atoms with Crippen LogP contribution in [-0.2, 0) is 19.0 Å². The zero-order chi connectivity index (χ0) is 13.7. The first-order valence-corrected chi connectivity index (χ1v) is 6.11. The van der Waals surface area contributed by atoms with Crippen LogP contribution < -0.4 is 11.1 Å². The molecule has 2 rings (SSSR count). The predicted octanol–water partition coefficient (Wildman–Crippen LogP) is 0.644. The highest BCUT2D eigenvalue weighted by Crippen LogP contribution is 2.25. The number of anilines is 1. The van der Waals surface area contributed by atoms with Crippen LogP contribution in [0.25, 0.3) is 0 Å². The molecular weight excluding hydrogens is 248 g/mol. The summed E-state index contributed by atoms with van der Waals surface area (Å²) in [4.78, 5) is 11.8. The number of rotatable bonds is 5. The molecule has 1 aromatic carbocycles. The fraction of sp³-hybridized carbons (Fsp3) is 0.462. The summed E-state index contributed by atoms with van der Waals surface area (Å²) in [6.45, 7) is 1.30. The SMILES string of the molecule is COC(CN)C(=O)Nc1cccc(C2OCCO2)c1. The Hall–Kier alpha value is -1.47. The Morgan fingerprint density at radius 1 is 1.53 bits per heavy atom. The van der Waals surface area contributed by atoms with Crippen LogP contribution in [0.15, 0.2) is 24.3 Å². The molecule has 6 nitrogen and oxygen atoms in total. The molecule has 0 spiro atoms. The number of carbonyl (C=O) groups is 1. The van der Waals surface area contributed by atoms with Crippen LogP contribution in [0.1, 0.15) is 11.9 Å². The normalized spacial score (nSPS) is 17.4. The highest BCUT2D eigenvalue weighted by atomic mass is 16.7. The number of ether oxygens (including phenoxy) is 3. The molecule has 0 aromatic heterocycles. The fourth-order valence-electron chi connectivity index (χ4n) is 1.85. The van der Waals surface area contributed by atoms with E-state index in [0.29, 0.717) is 18.9 Å². The van der Waals surface area contributed by atoms with Crippen molar-refractivity contribution >= 4 is 11.6 Å². The first-order valence-electron chi connectivity index (χ1n) is 6.11. The summed E-state index contributed by atoms with van der Waals surface area (Å²) in [5, 5.41) is 2.75. The largest absolute Gasteiger partial charge is 0.370 e. The third-order valence-corrected chi connectivity index (χ3v) is 2.84. The van der Waals surface area contributed by atoms with Gasteiger partial charge in [-0.25, -0.2) is 0 Å². The smallest absolute Gasteiger partial charge is 0.254 e. The van der Waals surface area contributed by atoms with E-state index in [1.54, 1.807) is 6.07 Å². The van der Waals surface area contributed by atoms with Crippen molar-refractivity contribution in [3.8, 4) is 0 Å². The van der Waals surface area contributed by atoms with Crippen molar-refractivity contribution in [1.82, 2.24) is 0 Å². The van der Waals surface area contributed by atoms with E-state index in [0.717, 1.165) is 5.56 Å². The van der Waals surface area contributed by atoms with Gasteiger partial charge in [0.05, 0.1) is 13.2 Å². The molecule has 0 bridgehead atoms. The van der Waals surface area contributed by atoms with Gasteiger partial charge in [-0.2, -0.15) is 0 Å². The topological polar surface area (TPSA) is 82.8 Å². The molecule has 1 amide bonds. The summed E-state index contributed by atoms with van der Waals surface area (Å²) in [5.41, 5.74) is 6.98. The van der Waals surface area contributed by atoms with Crippen molar-refractivity contribution in [1.29, 1.82) is 0 Å². The molecule has 104 valence electrons. The van der Waals surface area contributed by atoms with Gasteiger partial charge in [-0.1, -0.05) is 12.1 Å². The van der Waals surface area contributed by atoms with Gasteiger partial charge in [-0.15, -0.1) is 0 Å². The Bertz CT molecular complexity index is 428. The first kappa shape index (κ1) is 14.0. The minimum atomic E-state index is -0.650. The summed E-state index contributed by atoms with van der Waals surface area (Å²) >= 11 is 0. The molecule has 1 fully saturated rings. The Balaban J connectivity index is 2.04. The van der Waals surface area contributed by atoms with E-state index in [-0.39, 0.29) is 18.7 Å². The van der Waals surface area contributed by atoms with Gasteiger partial charge in [0, 0.05) is 24.9 Å². The van der Waals surface area contributed by atoms with Crippen molar-refractivity contribution in [3.63, 3.8) is 0 Å². The summed E-state index contributed by atoms with van der Waals surface area (Å²) in [5.74, 6) is -0.268. The average Bonchev–Trinajstić information content (AvgIpc) is 2.94. The highest BCUT2D eigenvalue weighted by Gasteiger charge is 2.19. The number of hydrogen-bond acceptors (Lipinski definition) is 5. The van der Waals surface area contributed by atoms with Crippen molar-refractivity contribution in [2.24, 2.45) is 5.73 Å². The van der Waals surface area contributed by atoms with Crippen LogP contribution in [-0.4, -0.2) is 38.9 Å². The minimum absolute atomic E-state index is 0.136. The lowest BCUT2D eigenvalue weighted by Crippen LogP contribution is -2.35. The number of amides is 1. The maximum Gasteiger partial charge on any atom is 0.254 e. The molecule has 1 aliphatic rings. The molecule has 1 aromatic rings. The summed E-state index contributed by atoms with van der Waals surface area (Å²) < 4.78 is 15.8. The van der Waals surface area contributed by atoms with Gasteiger partial charge in [-0.3, -0.25) is 4.79 Å². The lowest BCUT2D eigenvalue weighted by atomic mass is 10.2. The number of nitrogens with one attached hydrogen (secondary N) is 1. The van der Waals surface area contributed by atoms with Crippen molar-refractivity contribution < 1.29 is 19.0 Å². The summed E-state index contributed by atoms with van der Waals surface area (Å²) in [6.07, 6.45) is -1.01. The average molecular weight is 266 g/mol. The third-order valence-electron chi connectivity index (χ3n) is 2.84. The summed E-state index contributed by atoms with van der Waals surface area (Å²) in [6, 6.07) is 7.33. The number of carbonyl (C=O) groups excluding carboxylic acids is 1. The zero-order valence-corrected chi connectivity index (χ0v) is 10.8. The standard InChI is InChI=1S/C13H18N2O4/c1-17-11(8-14)12(16)15-10-4-2-3-9(7-10)13-18-5-6-19-13/h2-4,7,11,13H,5-6,8,14H2,1H3,(H,15,16). The molecule has 1 unspecified atom stereocenters. The second-order valence-electron chi connectivity index (χ2n) is 4.15. The maximum atomic E-state index is 11.8. The molecule has 1 heterocycles. The molecule has 0 radical (unpaired) electrons. The molecule has 0 saturated carbocycles. The van der Waals surface area contributed by atoms with E-state index >= 15 is 0 Å². The van der Waals surface area contributed by atoms with Crippen molar-refractivity contribution in [3.05, 3.63) is 29.8 Å². The van der Waals surface area contributed by atoms with Gasteiger partial charge in [0.15, 0.2) is 6.29 Å². The van der Waals surface area contributed by atoms with Gasteiger partial charge in [0.25, 0.3) is 5.91 Å². The van der Waals surface area contributed by atoms with Crippen LogP contribution in [0.5, 0.6) is 0 Å². The number of hydrogen-bond donors (Lipinski definition) is 2. The van der Waals surface area contributed by atoms with E-state index in [1.807, 2.05) is 18.2 Å². The van der Waals surface area contributed by atoms with Crippen LogP contribution >= 0.6 is 0 Å². The van der Waals surface area contributed by atoms with Crippen LogP contribution in [0.2, 0.25) is 0 Å². The van der Waals surface area contributed by atoms with E-state index < -0.39 is 6.10 Å². The molecule has 3 N–H and O–H groups in total. The Kier molecular flexibility index (Phi) is 4.86. The Morgan fingerprint density at radius 2 is 2.26 bits per heavy atom. The second kappa shape index (κ2) is 6.63. The van der Waals surface area contributed by atoms with Crippen LogP contribution in [0, 0.1) is 0 Å². The lowest BCUT2D eigenvalue weighted by molar-refractivity contribution is -0.125. The van der Waals surface area contributed by atoms with Gasteiger partial charge in [0.2, 0.25) is 0 Å². The molecule has 1 aliphatic heterocycles. The molecule has 1 atom stereocenters. The Labute approximate surface area is 111 Å². The minimum Gasteiger partial charge on any atom is -0.370 e. The van der Waals surface area contributed by atoms with E-state index in [2.05, 4.69) is 5.32 Å². The lowest BCUT2D eigenvalue weighted by Gasteiger charge is -2.15. The fourth-order valence-corrected chi connectivity index (χ4v) is 1.85. The van der Waals surface area contributed by atoms with E-state index in [9.17, 15) is 4.79 Å². The number of nitrogens with two attached hydrogens (primary N) is 1. The van der Waals surface area contributed by atoms with Crippen molar-refractivity contribution in [2.45, 2.75) is 12.4 Å².